The smallest absolute Gasteiger partial charge is 0.247 e. The second-order valence-electron chi connectivity index (χ2n) is 7.88. The maximum absolute atomic E-state index is 13.0. The summed E-state index contributed by atoms with van der Waals surface area (Å²) in [6.45, 7) is 2.81. The normalized spacial score (nSPS) is 20.7. The Labute approximate surface area is 179 Å². The first-order valence-corrected chi connectivity index (χ1v) is 11.2. The first-order chi connectivity index (χ1) is 14.6. The minimum atomic E-state index is 0.00796. The predicted octanol–water partition coefficient (Wildman–Crippen LogP) is 5.01. The third kappa shape index (κ3) is 3.45. The highest BCUT2D eigenvalue weighted by atomic mass is 32.1. The van der Waals surface area contributed by atoms with Crippen LogP contribution in [0.1, 0.15) is 41.9 Å². The van der Waals surface area contributed by atoms with Crippen molar-refractivity contribution in [3.05, 3.63) is 58.6 Å². The van der Waals surface area contributed by atoms with E-state index in [1.165, 1.54) is 4.70 Å². The summed E-state index contributed by atoms with van der Waals surface area (Å²) in [5.41, 5.74) is 3.01. The fraction of sp³-hybridized carbons (Fsp3) is 0.333. The van der Waals surface area contributed by atoms with E-state index < -0.39 is 0 Å². The minimum Gasteiger partial charge on any atom is -0.496 e. The molecule has 1 fully saturated rings. The van der Waals surface area contributed by atoms with E-state index in [-0.39, 0.29) is 18.1 Å². The van der Waals surface area contributed by atoms with Gasteiger partial charge >= 0.3 is 0 Å². The molecule has 5 rings (SSSR count). The SMILES string of the molecule is COc1cc2c(cc1/C=C/C(=O)N1CCC[C@H]1c1nc3ccccc3s1)O[C@@H](C)C2. The van der Waals surface area contributed by atoms with Gasteiger partial charge in [-0.25, -0.2) is 4.98 Å². The molecule has 0 saturated carbocycles. The molecule has 0 unspecified atom stereocenters. The zero-order chi connectivity index (χ0) is 20.7. The molecule has 0 N–H and O–H groups in total. The molecule has 30 heavy (non-hydrogen) atoms. The Morgan fingerprint density at radius 2 is 2.20 bits per heavy atom. The Hall–Kier alpha value is -2.86. The number of fused-ring (bicyclic) bond motifs is 2. The number of nitrogens with zero attached hydrogens (tertiary/aromatic N) is 2. The van der Waals surface area contributed by atoms with Crippen LogP contribution in [0, 0.1) is 0 Å². The number of ether oxygens (including phenoxy) is 2. The average molecular weight is 421 g/mol. The Balaban J connectivity index is 1.38. The second kappa shape index (κ2) is 7.76. The first-order valence-electron chi connectivity index (χ1n) is 10.3. The van der Waals surface area contributed by atoms with Crippen LogP contribution in [0.15, 0.2) is 42.5 Å². The van der Waals surface area contributed by atoms with Gasteiger partial charge in [-0.2, -0.15) is 0 Å². The fourth-order valence-corrected chi connectivity index (χ4v) is 5.45. The molecule has 2 aromatic carbocycles. The fourth-order valence-electron chi connectivity index (χ4n) is 4.34. The Morgan fingerprint density at radius 1 is 1.33 bits per heavy atom. The number of hydrogen-bond acceptors (Lipinski definition) is 5. The van der Waals surface area contributed by atoms with E-state index in [1.807, 2.05) is 41.3 Å². The highest BCUT2D eigenvalue weighted by Crippen LogP contribution is 2.38. The van der Waals surface area contributed by atoms with Crippen molar-refractivity contribution in [1.29, 1.82) is 0 Å². The molecule has 0 spiro atoms. The lowest BCUT2D eigenvalue weighted by molar-refractivity contribution is -0.126. The van der Waals surface area contributed by atoms with Crippen molar-refractivity contribution in [3.63, 3.8) is 0 Å². The number of aromatic nitrogens is 1. The lowest BCUT2D eigenvalue weighted by Crippen LogP contribution is -2.28. The van der Waals surface area contributed by atoms with Crippen molar-refractivity contribution in [2.45, 2.75) is 38.3 Å². The molecule has 2 aliphatic rings. The molecule has 2 atom stereocenters. The van der Waals surface area contributed by atoms with Crippen LogP contribution in [-0.2, 0) is 11.2 Å². The van der Waals surface area contributed by atoms with Gasteiger partial charge in [0.05, 0.1) is 23.4 Å². The number of thiazole rings is 1. The number of methoxy groups -OCH3 is 1. The third-order valence-corrected chi connectivity index (χ3v) is 6.92. The zero-order valence-corrected chi connectivity index (χ0v) is 17.9. The van der Waals surface area contributed by atoms with Crippen LogP contribution in [0.5, 0.6) is 11.5 Å². The van der Waals surface area contributed by atoms with Crippen molar-refractivity contribution >= 4 is 33.5 Å². The molecular weight excluding hydrogens is 396 g/mol. The molecule has 154 valence electrons. The maximum atomic E-state index is 13.0. The van der Waals surface area contributed by atoms with Gasteiger partial charge in [0.2, 0.25) is 5.91 Å². The van der Waals surface area contributed by atoms with Gasteiger partial charge in [0, 0.05) is 30.2 Å². The predicted molar refractivity (Wildman–Crippen MR) is 119 cm³/mol. The summed E-state index contributed by atoms with van der Waals surface area (Å²) in [6.07, 6.45) is 6.48. The van der Waals surface area contributed by atoms with Crippen LogP contribution in [0.2, 0.25) is 0 Å². The summed E-state index contributed by atoms with van der Waals surface area (Å²) in [4.78, 5) is 19.8. The summed E-state index contributed by atoms with van der Waals surface area (Å²) in [6, 6.07) is 12.2. The zero-order valence-electron chi connectivity index (χ0n) is 17.1. The van der Waals surface area contributed by atoms with Crippen molar-refractivity contribution in [2.75, 3.05) is 13.7 Å². The van der Waals surface area contributed by atoms with Gasteiger partial charge in [0.25, 0.3) is 0 Å². The Kier molecular flexibility index (Phi) is 4.95. The lowest BCUT2D eigenvalue weighted by Gasteiger charge is -2.21. The number of benzene rings is 2. The van der Waals surface area contributed by atoms with Crippen molar-refractivity contribution < 1.29 is 14.3 Å². The molecule has 0 radical (unpaired) electrons. The van der Waals surface area contributed by atoms with E-state index in [1.54, 1.807) is 24.5 Å². The summed E-state index contributed by atoms with van der Waals surface area (Å²) in [7, 11) is 1.66. The van der Waals surface area contributed by atoms with Crippen molar-refractivity contribution in [3.8, 4) is 11.5 Å². The number of carbonyl (C=O) groups excluding carboxylic acids is 1. The largest absolute Gasteiger partial charge is 0.496 e. The second-order valence-corrected chi connectivity index (χ2v) is 8.94. The van der Waals surface area contributed by atoms with Gasteiger partial charge in [-0.1, -0.05) is 12.1 Å². The molecule has 5 nitrogen and oxygen atoms in total. The molecule has 0 bridgehead atoms. The highest BCUT2D eigenvalue weighted by Gasteiger charge is 2.31. The van der Waals surface area contributed by atoms with Crippen molar-refractivity contribution in [1.82, 2.24) is 9.88 Å². The van der Waals surface area contributed by atoms with E-state index in [4.69, 9.17) is 14.5 Å². The van der Waals surface area contributed by atoms with Crippen molar-refractivity contribution in [2.24, 2.45) is 0 Å². The Morgan fingerprint density at radius 3 is 3.03 bits per heavy atom. The van der Waals surface area contributed by atoms with Gasteiger partial charge in [-0.15, -0.1) is 11.3 Å². The summed E-state index contributed by atoms with van der Waals surface area (Å²) < 4.78 is 12.6. The third-order valence-electron chi connectivity index (χ3n) is 5.79. The standard InChI is InChI=1S/C24H24N2O3S/c1-15-12-17-14-20(28-2)16(13-21(17)29-15)9-10-23(27)26-11-5-7-19(26)24-25-18-6-3-4-8-22(18)30-24/h3-4,6,8-10,13-15,19H,5,7,11-12H2,1-2H3/b10-9+/t15-,19-/m0/s1. The van der Waals surface area contributed by atoms with Crippen LogP contribution in [-0.4, -0.2) is 35.5 Å². The van der Waals surface area contributed by atoms with E-state index in [9.17, 15) is 4.79 Å². The van der Waals surface area contributed by atoms with Crippen LogP contribution in [0.25, 0.3) is 16.3 Å². The summed E-state index contributed by atoms with van der Waals surface area (Å²) >= 11 is 1.68. The number of amides is 1. The minimum absolute atomic E-state index is 0.00796. The molecule has 1 saturated heterocycles. The van der Waals surface area contributed by atoms with Gasteiger partial charge in [0.1, 0.15) is 22.6 Å². The van der Waals surface area contributed by atoms with E-state index in [0.717, 1.165) is 59.0 Å². The van der Waals surface area contributed by atoms with Gasteiger partial charge in [-0.05, 0) is 50.1 Å². The average Bonchev–Trinajstić information content (AvgIpc) is 3.47. The first kappa shape index (κ1) is 19.1. The van der Waals surface area contributed by atoms with Gasteiger partial charge in [-0.3, -0.25) is 4.79 Å². The lowest BCUT2D eigenvalue weighted by atomic mass is 10.1. The number of carbonyl (C=O) groups is 1. The quantitative estimate of drug-likeness (QED) is 0.557. The van der Waals surface area contributed by atoms with Crippen LogP contribution in [0.3, 0.4) is 0 Å². The molecule has 1 amide bonds. The van der Waals surface area contributed by atoms with Crippen LogP contribution < -0.4 is 9.47 Å². The van der Waals surface area contributed by atoms with E-state index in [0.29, 0.717) is 0 Å². The molecule has 0 aliphatic carbocycles. The number of rotatable bonds is 4. The highest BCUT2D eigenvalue weighted by molar-refractivity contribution is 7.18. The van der Waals surface area contributed by atoms with Crippen LogP contribution in [0.4, 0.5) is 0 Å². The molecular formula is C24H24N2O3S. The summed E-state index contributed by atoms with van der Waals surface area (Å²) in [5, 5.41) is 1.02. The van der Waals surface area contributed by atoms with E-state index >= 15 is 0 Å². The monoisotopic (exact) mass is 420 g/mol. The van der Waals surface area contributed by atoms with Crippen LogP contribution >= 0.6 is 11.3 Å². The maximum Gasteiger partial charge on any atom is 0.247 e. The van der Waals surface area contributed by atoms with E-state index in [2.05, 4.69) is 13.0 Å². The molecule has 6 heteroatoms. The topological polar surface area (TPSA) is 51.7 Å². The molecule has 3 aromatic rings. The Bertz CT molecular complexity index is 1100. The molecule has 2 aliphatic heterocycles. The van der Waals surface area contributed by atoms with Gasteiger partial charge < -0.3 is 14.4 Å². The van der Waals surface area contributed by atoms with Gasteiger partial charge in [0.15, 0.2) is 0 Å². The number of hydrogen-bond donors (Lipinski definition) is 0. The number of para-hydroxylation sites is 1. The number of likely N-dealkylation sites (tertiary alicyclic amines) is 1. The molecule has 1 aromatic heterocycles. The summed E-state index contributed by atoms with van der Waals surface area (Å²) in [5.74, 6) is 1.65. The molecule has 3 heterocycles.